The van der Waals surface area contributed by atoms with Gasteiger partial charge in [-0.2, -0.15) is 0 Å². The molecule has 0 unspecified atom stereocenters. The molecule has 0 fully saturated rings. The Morgan fingerprint density at radius 3 is 2.60 bits per heavy atom. The number of hydrogen-bond acceptors (Lipinski definition) is 5. The summed E-state index contributed by atoms with van der Waals surface area (Å²) >= 11 is 0. The van der Waals surface area contributed by atoms with Crippen molar-refractivity contribution in [2.75, 3.05) is 11.9 Å². The minimum atomic E-state index is -0.461. The van der Waals surface area contributed by atoms with Crippen LogP contribution in [0.15, 0.2) is 24.3 Å². The van der Waals surface area contributed by atoms with Crippen LogP contribution >= 0.6 is 0 Å². The van der Waals surface area contributed by atoms with Gasteiger partial charge in [0.25, 0.3) is 0 Å². The first-order valence-corrected chi connectivity index (χ1v) is 6.63. The largest absolute Gasteiger partial charge is 0.461 e. The molecule has 1 aromatic heterocycles. The number of anilines is 1. The van der Waals surface area contributed by atoms with Crippen LogP contribution in [-0.2, 0) is 4.74 Å². The highest BCUT2D eigenvalue weighted by molar-refractivity contribution is 6.03. The van der Waals surface area contributed by atoms with Crippen LogP contribution in [0.2, 0.25) is 0 Å². The third-order valence-corrected chi connectivity index (χ3v) is 2.64. The number of rotatable bonds is 3. The fourth-order valence-electron chi connectivity index (χ4n) is 1.90. The molecule has 1 N–H and O–H groups in total. The lowest BCUT2D eigenvalue weighted by molar-refractivity contribution is 0.0519. The molecule has 0 saturated carbocycles. The predicted molar refractivity (Wildman–Crippen MR) is 78.9 cm³/mol. The maximum absolute atomic E-state index is 12.0. The molecule has 106 valence electrons. The predicted octanol–water partition coefficient (Wildman–Crippen LogP) is 3.02. The number of esters is 1. The Morgan fingerprint density at radius 2 is 1.95 bits per heavy atom. The molecule has 2 aromatic rings. The molecule has 1 aromatic carbocycles. The lowest BCUT2D eigenvalue weighted by atomic mass is 10.1. The first kappa shape index (κ1) is 14.2. The summed E-state index contributed by atoms with van der Waals surface area (Å²) in [6, 6.07) is 7.58. The number of nitrogens with zero attached hydrogens (tertiary/aromatic N) is 2. The molecule has 2 rings (SSSR count). The van der Waals surface area contributed by atoms with Crippen LogP contribution < -0.4 is 5.32 Å². The number of aromatic nitrogens is 2. The van der Waals surface area contributed by atoms with Gasteiger partial charge >= 0.3 is 5.97 Å². The number of ether oxygens (including phenoxy) is 1. The molecule has 5 nitrogen and oxygen atoms in total. The van der Waals surface area contributed by atoms with E-state index in [4.69, 9.17) is 4.74 Å². The topological polar surface area (TPSA) is 64.1 Å². The van der Waals surface area contributed by atoms with Gasteiger partial charge in [0.05, 0.1) is 17.8 Å². The molecule has 0 aliphatic heterocycles. The van der Waals surface area contributed by atoms with Gasteiger partial charge < -0.3 is 10.1 Å². The van der Waals surface area contributed by atoms with Gasteiger partial charge in [-0.05, 0) is 33.8 Å². The zero-order valence-electron chi connectivity index (χ0n) is 12.2. The first-order valence-electron chi connectivity index (χ1n) is 6.63. The van der Waals surface area contributed by atoms with Crippen molar-refractivity contribution in [3.05, 3.63) is 30.0 Å². The molecular formula is C15H19N3O2. The number of benzene rings is 1. The van der Waals surface area contributed by atoms with Crippen molar-refractivity contribution in [1.29, 1.82) is 0 Å². The van der Waals surface area contributed by atoms with Crippen LogP contribution in [0.4, 0.5) is 5.69 Å². The van der Waals surface area contributed by atoms with E-state index in [1.165, 1.54) is 0 Å². The summed E-state index contributed by atoms with van der Waals surface area (Å²) in [4.78, 5) is 12.0. The SMILES string of the molecule is CCOC(=O)c1nnc2ccccc2c1NC(C)(C)C. The van der Waals surface area contributed by atoms with Crippen LogP contribution in [-0.4, -0.2) is 28.3 Å². The van der Waals surface area contributed by atoms with E-state index < -0.39 is 5.97 Å². The Bertz CT molecular complexity index is 633. The molecule has 20 heavy (non-hydrogen) atoms. The molecule has 0 spiro atoms. The lowest BCUT2D eigenvalue weighted by Gasteiger charge is -2.24. The Kier molecular flexibility index (Phi) is 3.88. The summed E-state index contributed by atoms with van der Waals surface area (Å²) in [5.74, 6) is -0.461. The normalized spacial score (nSPS) is 11.4. The zero-order valence-corrected chi connectivity index (χ0v) is 12.2. The highest BCUT2D eigenvalue weighted by atomic mass is 16.5. The minimum Gasteiger partial charge on any atom is -0.461 e. The monoisotopic (exact) mass is 273 g/mol. The molecule has 0 aliphatic carbocycles. The number of carbonyl (C=O) groups excluding carboxylic acids is 1. The number of nitrogens with one attached hydrogen (secondary N) is 1. The van der Waals surface area contributed by atoms with Crippen molar-refractivity contribution in [2.24, 2.45) is 0 Å². The fraction of sp³-hybridized carbons (Fsp3) is 0.400. The van der Waals surface area contributed by atoms with Gasteiger partial charge in [0.2, 0.25) is 0 Å². The van der Waals surface area contributed by atoms with E-state index >= 15 is 0 Å². The Hall–Kier alpha value is -2.17. The average molecular weight is 273 g/mol. The van der Waals surface area contributed by atoms with Gasteiger partial charge in [-0.15, -0.1) is 10.2 Å². The Morgan fingerprint density at radius 1 is 1.25 bits per heavy atom. The summed E-state index contributed by atoms with van der Waals surface area (Å²) < 4.78 is 5.05. The van der Waals surface area contributed by atoms with Gasteiger partial charge in [0, 0.05) is 10.9 Å². The van der Waals surface area contributed by atoms with Crippen LogP contribution in [0.3, 0.4) is 0 Å². The third-order valence-electron chi connectivity index (χ3n) is 2.64. The third kappa shape index (κ3) is 3.04. The highest BCUT2D eigenvalue weighted by Gasteiger charge is 2.22. The van der Waals surface area contributed by atoms with Gasteiger partial charge in [0.15, 0.2) is 5.69 Å². The molecule has 0 amide bonds. The molecule has 0 bridgehead atoms. The van der Waals surface area contributed by atoms with Crippen LogP contribution in [0.5, 0.6) is 0 Å². The molecule has 0 atom stereocenters. The molecule has 0 radical (unpaired) electrons. The van der Waals surface area contributed by atoms with E-state index in [1.807, 2.05) is 45.0 Å². The van der Waals surface area contributed by atoms with E-state index in [1.54, 1.807) is 6.92 Å². The van der Waals surface area contributed by atoms with Crippen molar-refractivity contribution in [3.8, 4) is 0 Å². The van der Waals surface area contributed by atoms with E-state index in [2.05, 4.69) is 15.5 Å². The van der Waals surface area contributed by atoms with Gasteiger partial charge in [-0.25, -0.2) is 4.79 Å². The zero-order chi connectivity index (χ0) is 14.8. The fourth-order valence-corrected chi connectivity index (χ4v) is 1.90. The summed E-state index contributed by atoms with van der Waals surface area (Å²) in [5.41, 5.74) is 1.43. The van der Waals surface area contributed by atoms with Gasteiger partial charge in [-0.3, -0.25) is 0 Å². The second-order valence-corrected chi connectivity index (χ2v) is 5.54. The van der Waals surface area contributed by atoms with Gasteiger partial charge in [-0.1, -0.05) is 18.2 Å². The van der Waals surface area contributed by atoms with Crippen LogP contribution in [0, 0.1) is 0 Å². The summed E-state index contributed by atoms with van der Waals surface area (Å²) in [7, 11) is 0. The van der Waals surface area contributed by atoms with E-state index in [9.17, 15) is 4.79 Å². The first-order chi connectivity index (χ1) is 9.42. The van der Waals surface area contributed by atoms with Crippen LogP contribution in [0.1, 0.15) is 38.2 Å². The molecule has 1 heterocycles. The number of carbonyl (C=O) groups is 1. The standard InChI is InChI=1S/C15H19N3O2/c1-5-20-14(19)13-12(16-15(2,3)4)10-8-6-7-9-11(10)17-18-13/h6-9H,5H2,1-4H3,(H,16,17). The van der Waals surface area contributed by atoms with Crippen molar-refractivity contribution in [3.63, 3.8) is 0 Å². The number of fused-ring (bicyclic) bond motifs is 1. The summed E-state index contributed by atoms with van der Waals surface area (Å²) in [5, 5.41) is 12.3. The molecule has 5 heteroatoms. The van der Waals surface area contributed by atoms with Crippen molar-refractivity contribution in [1.82, 2.24) is 10.2 Å². The molecular weight excluding hydrogens is 254 g/mol. The second-order valence-electron chi connectivity index (χ2n) is 5.54. The Balaban J connectivity index is 2.61. The van der Waals surface area contributed by atoms with Crippen molar-refractivity contribution < 1.29 is 9.53 Å². The maximum Gasteiger partial charge on any atom is 0.361 e. The smallest absolute Gasteiger partial charge is 0.361 e. The second kappa shape index (κ2) is 5.45. The van der Waals surface area contributed by atoms with Crippen LogP contribution in [0.25, 0.3) is 10.9 Å². The van der Waals surface area contributed by atoms with E-state index in [-0.39, 0.29) is 11.2 Å². The highest BCUT2D eigenvalue weighted by Crippen LogP contribution is 2.27. The maximum atomic E-state index is 12.0. The lowest BCUT2D eigenvalue weighted by Crippen LogP contribution is -2.28. The van der Waals surface area contributed by atoms with Gasteiger partial charge in [0.1, 0.15) is 0 Å². The molecule has 0 aliphatic rings. The van der Waals surface area contributed by atoms with Crippen molar-refractivity contribution in [2.45, 2.75) is 33.2 Å². The minimum absolute atomic E-state index is 0.201. The summed E-state index contributed by atoms with van der Waals surface area (Å²) in [6.07, 6.45) is 0. The quantitative estimate of drug-likeness (QED) is 0.871. The average Bonchev–Trinajstić information content (AvgIpc) is 2.37. The van der Waals surface area contributed by atoms with E-state index in [0.29, 0.717) is 12.3 Å². The summed E-state index contributed by atoms with van der Waals surface area (Å²) in [6.45, 7) is 8.15. The Labute approximate surface area is 118 Å². The number of hydrogen-bond donors (Lipinski definition) is 1. The van der Waals surface area contributed by atoms with E-state index in [0.717, 1.165) is 10.9 Å². The molecule has 0 saturated heterocycles. The van der Waals surface area contributed by atoms with Crippen molar-refractivity contribution >= 4 is 22.6 Å².